The van der Waals surface area contributed by atoms with E-state index in [4.69, 9.17) is 4.74 Å². The van der Waals surface area contributed by atoms with Gasteiger partial charge in [0.25, 0.3) is 0 Å². The van der Waals surface area contributed by atoms with E-state index in [1.165, 1.54) is 0 Å². The molecule has 0 fully saturated rings. The number of alkyl halides is 1. The van der Waals surface area contributed by atoms with Crippen molar-refractivity contribution in [2.24, 2.45) is 5.41 Å². The third-order valence-corrected chi connectivity index (χ3v) is 4.36. The normalized spacial score (nSPS) is 15.1. The number of nitrogens with one attached hydrogen (secondary N) is 1. The monoisotopic (exact) mass is 315 g/mol. The lowest BCUT2D eigenvalue weighted by Gasteiger charge is -2.18. The number of rotatable bonds is 7. The van der Waals surface area contributed by atoms with E-state index >= 15 is 0 Å². The van der Waals surface area contributed by atoms with Gasteiger partial charge < -0.3 is 4.74 Å². The van der Waals surface area contributed by atoms with Crippen molar-refractivity contribution in [1.82, 2.24) is 4.72 Å². The van der Waals surface area contributed by atoms with Crippen molar-refractivity contribution in [2.45, 2.75) is 32.0 Å². The van der Waals surface area contributed by atoms with Crippen molar-refractivity contribution in [3.05, 3.63) is 0 Å². The fourth-order valence-corrected chi connectivity index (χ4v) is 3.42. The summed E-state index contributed by atoms with van der Waals surface area (Å²) in [6, 6.07) is 0. The topological polar surface area (TPSA) is 55.4 Å². The summed E-state index contributed by atoms with van der Waals surface area (Å²) >= 11 is 3.41. The van der Waals surface area contributed by atoms with E-state index in [1.807, 2.05) is 20.8 Å². The minimum atomic E-state index is -3.16. The van der Waals surface area contributed by atoms with Gasteiger partial charge in [-0.1, -0.05) is 36.7 Å². The number of halogens is 1. The Morgan fingerprint density at radius 3 is 2.38 bits per heavy atom. The largest absolute Gasteiger partial charge is 0.384 e. The van der Waals surface area contributed by atoms with E-state index in [0.717, 1.165) is 6.42 Å². The van der Waals surface area contributed by atoms with Crippen LogP contribution in [0.5, 0.6) is 0 Å². The van der Waals surface area contributed by atoms with E-state index in [9.17, 15) is 8.42 Å². The van der Waals surface area contributed by atoms with Crippen LogP contribution in [0.4, 0.5) is 0 Å². The SMILES string of the molecule is COCC(Br)CCNS(=O)(=O)CC(C)(C)C. The molecule has 0 rings (SSSR count). The molecule has 98 valence electrons. The first-order chi connectivity index (χ1) is 7.16. The Bertz CT molecular complexity index is 285. The molecule has 0 aromatic heterocycles. The fraction of sp³-hybridized carbons (Fsp3) is 1.00. The highest BCUT2D eigenvalue weighted by atomic mass is 79.9. The molecule has 0 aliphatic carbocycles. The minimum Gasteiger partial charge on any atom is -0.384 e. The molecule has 16 heavy (non-hydrogen) atoms. The molecule has 4 nitrogen and oxygen atoms in total. The lowest BCUT2D eigenvalue weighted by atomic mass is 10.0. The highest BCUT2D eigenvalue weighted by molar-refractivity contribution is 9.09. The molecule has 0 spiro atoms. The van der Waals surface area contributed by atoms with Crippen LogP contribution in [-0.4, -0.2) is 39.3 Å². The second-order valence-electron chi connectivity index (χ2n) is 5.06. The Morgan fingerprint density at radius 2 is 1.94 bits per heavy atom. The molecule has 0 aliphatic heterocycles. The molecule has 0 saturated carbocycles. The van der Waals surface area contributed by atoms with Gasteiger partial charge in [0, 0.05) is 18.5 Å². The molecule has 0 radical (unpaired) electrons. The van der Waals surface area contributed by atoms with Crippen molar-refractivity contribution in [3.8, 4) is 0 Å². The zero-order chi connectivity index (χ0) is 12.8. The summed E-state index contributed by atoms with van der Waals surface area (Å²) < 4.78 is 30.8. The number of ether oxygens (including phenoxy) is 1. The Labute approximate surface area is 107 Å². The highest BCUT2D eigenvalue weighted by Gasteiger charge is 2.21. The lowest BCUT2D eigenvalue weighted by Crippen LogP contribution is -2.33. The number of hydrogen-bond acceptors (Lipinski definition) is 3. The van der Waals surface area contributed by atoms with Crippen LogP contribution in [0.1, 0.15) is 27.2 Å². The molecule has 1 N–H and O–H groups in total. The number of methoxy groups -OCH3 is 1. The maximum absolute atomic E-state index is 11.6. The van der Waals surface area contributed by atoms with Gasteiger partial charge in [-0.05, 0) is 11.8 Å². The van der Waals surface area contributed by atoms with Crippen LogP contribution in [0.2, 0.25) is 0 Å². The van der Waals surface area contributed by atoms with Crippen LogP contribution in [0.3, 0.4) is 0 Å². The van der Waals surface area contributed by atoms with Crippen LogP contribution < -0.4 is 4.72 Å². The summed E-state index contributed by atoms with van der Waals surface area (Å²) in [4.78, 5) is 0.190. The van der Waals surface area contributed by atoms with Crippen LogP contribution in [0, 0.1) is 5.41 Å². The standard InChI is InChI=1S/C10H22BrNO3S/c1-10(2,3)8-16(13,14)12-6-5-9(11)7-15-4/h9,12H,5-8H2,1-4H3. The third-order valence-electron chi connectivity index (χ3n) is 1.75. The van der Waals surface area contributed by atoms with Crippen LogP contribution in [0.15, 0.2) is 0 Å². The highest BCUT2D eigenvalue weighted by Crippen LogP contribution is 2.15. The first-order valence-electron chi connectivity index (χ1n) is 5.26. The number of hydrogen-bond donors (Lipinski definition) is 1. The molecule has 0 aliphatic rings. The van der Waals surface area contributed by atoms with Crippen molar-refractivity contribution in [1.29, 1.82) is 0 Å². The van der Waals surface area contributed by atoms with E-state index < -0.39 is 10.0 Å². The molecule has 1 atom stereocenters. The molecule has 0 aromatic carbocycles. The molecule has 0 saturated heterocycles. The summed E-state index contributed by atoms with van der Waals surface area (Å²) in [5.74, 6) is 0.150. The van der Waals surface area contributed by atoms with E-state index in [0.29, 0.717) is 13.2 Å². The molecule has 6 heteroatoms. The minimum absolute atomic E-state index is 0.150. The van der Waals surface area contributed by atoms with Crippen molar-refractivity contribution < 1.29 is 13.2 Å². The number of sulfonamides is 1. The summed E-state index contributed by atoms with van der Waals surface area (Å²) in [5.41, 5.74) is -0.216. The second kappa shape index (κ2) is 6.93. The fourth-order valence-electron chi connectivity index (χ4n) is 1.26. The van der Waals surface area contributed by atoms with Crippen molar-refractivity contribution in [2.75, 3.05) is 26.0 Å². The average Bonchev–Trinajstić information content (AvgIpc) is 1.98. The van der Waals surface area contributed by atoms with E-state index in [1.54, 1.807) is 7.11 Å². The third kappa shape index (κ3) is 9.57. The molecule has 0 amide bonds. The summed E-state index contributed by atoms with van der Waals surface area (Å²) in [6.45, 7) is 6.75. The second-order valence-corrected chi connectivity index (χ2v) is 8.16. The first-order valence-corrected chi connectivity index (χ1v) is 7.83. The van der Waals surface area contributed by atoms with Gasteiger partial charge in [0.15, 0.2) is 0 Å². The van der Waals surface area contributed by atoms with Crippen molar-refractivity contribution in [3.63, 3.8) is 0 Å². The van der Waals surface area contributed by atoms with Crippen LogP contribution >= 0.6 is 15.9 Å². The zero-order valence-electron chi connectivity index (χ0n) is 10.4. The van der Waals surface area contributed by atoms with Gasteiger partial charge in [0.2, 0.25) is 10.0 Å². The summed E-state index contributed by atoms with van der Waals surface area (Å²) in [7, 11) is -1.54. The average molecular weight is 316 g/mol. The van der Waals surface area contributed by atoms with Gasteiger partial charge in [0.05, 0.1) is 12.4 Å². The Morgan fingerprint density at radius 1 is 1.38 bits per heavy atom. The Kier molecular flexibility index (Phi) is 7.09. The predicted molar refractivity (Wildman–Crippen MR) is 70.5 cm³/mol. The van der Waals surface area contributed by atoms with Crippen LogP contribution in [-0.2, 0) is 14.8 Å². The molecular formula is C10H22BrNO3S. The van der Waals surface area contributed by atoms with Gasteiger partial charge in [-0.2, -0.15) is 0 Å². The van der Waals surface area contributed by atoms with Gasteiger partial charge >= 0.3 is 0 Å². The zero-order valence-corrected chi connectivity index (χ0v) is 12.8. The van der Waals surface area contributed by atoms with Gasteiger partial charge in [-0.15, -0.1) is 0 Å². The smallest absolute Gasteiger partial charge is 0.212 e. The van der Waals surface area contributed by atoms with Crippen molar-refractivity contribution >= 4 is 26.0 Å². The Hall–Kier alpha value is 0.350. The maximum Gasteiger partial charge on any atom is 0.212 e. The molecular weight excluding hydrogens is 294 g/mol. The van der Waals surface area contributed by atoms with E-state index in [2.05, 4.69) is 20.7 Å². The summed E-state index contributed by atoms with van der Waals surface area (Å²) in [6.07, 6.45) is 0.719. The quantitative estimate of drug-likeness (QED) is 0.728. The molecule has 0 aromatic rings. The van der Waals surface area contributed by atoms with Gasteiger partial charge in [0.1, 0.15) is 0 Å². The maximum atomic E-state index is 11.6. The van der Waals surface area contributed by atoms with E-state index in [-0.39, 0.29) is 16.0 Å². The predicted octanol–water partition coefficient (Wildman–Crippen LogP) is 1.75. The van der Waals surface area contributed by atoms with Gasteiger partial charge in [-0.25, -0.2) is 13.1 Å². The van der Waals surface area contributed by atoms with Crippen LogP contribution in [0.25, 0.3) is 0 Å². The Balaban J connectivity index is 3.92. The lowest BCUT2D eigenvalue weighted by molar-refractivity contribution is 0.199. The molecule has 1 unspecified atom stereocenters. The first kappa shape index (κ1) is 16.4. The van der Waals surface area contributed by atoms with Gasteiger partial charge in [-0.3, -0.25) is 0 Å². The molecule has 0 heterocycles. The molecule has 0 bridgehead atoms. The summed E-state index contributed by atoms with van der Waals surface area (Å²) in [5, 5.41) is 0.